The summed E-state index contributed by atoms with van der Waals surface area (Å²) in [6, 6.07) is 13.5. The van der Waals surface area contributed by atoms with Crippen LogP contribution < -0.4 is 10.6 Å². The average Bonchev–Trinajstić information content (AvgIpc) is 3.12. The highest BCUT2D eigenvalue weighted by molar-refractivity contribution is 5.79. The zero-order valence-corrected chi connectivity index (χ0v) is 15.0. The molecule has 0 aliphatic heterocycles. The second-order valence-electron chi connectivity index (χ2n) is 6.05. The monoisotopic (exact) mass is 369 g/mol. The molecule has 0 saturated heterocycles. The van der Waals surface area contributed by atoms with Gasteiger partial charge in [0.25, 0.3) is 0 Å². The van der Waals surface area contributed by atoms with E-state index in [0.29, 0.717) is 19.0 Å². The van der Waals surface area contributed by atoms with E-state index in [2.05, 4.69) is 32.9 Å². The first-order valence-corrected chi connectivity index (χ1v) is 8.58. The molecule has 1 heterocycles. The molecule has 3 aromatic rings. The van der Waals surface area contributed by atoms with Gasteiger partial charge in [0.15, 0.2) is 5.96 Å². The number of rotatable bonds is 6. The molecule has 0 spiro atoms. The number of benzene rings is 2. The van der Waals surface area contributed by atoms with Gasteiger partial charge in [0, 0.05) is 37.5 Å². The Kier molecular flexibility index (Phi) is 6.14. The van der Waals surface area contributed by atoms with Crippen molar-refractivity contribution in [3.8, 4) is 0 Å². The first-order chi connectivity index (χ1) is 13.1. The number of hydrogen-bond donors (Lipinski definition) is 2. The molecule has 0 aliphatic rings. The number of aliphatic imine (C=N–C) groups is 1. The summed E-state index contributed by atoms with van der Waals surface area (Å²) in [5.41, 5.74) is 2.41. The van der Waals surface area contributed by atoms with E-state index in [1.807, 2.05) is 29.1 Å². The van der Waals surface area contributed by atoms with Gasteiger partial charge in [0.2, 0.25) is 0 Å². The summed E-state index contributed by atoms with van der Waals surface area (Å²) in [5.74, 6) is -0.432. The van der Waals surface area contributed by atoms with Crippen LogP contribution in [0.3, 0.4) is 0 Å². The minimum Gasteiger partial charge on any atom is -0.352 e. The van der Waals surface area contributed by atoms with Crippen LogP contribution in [-0.4, -0.2) is 22.8 Å². The number of nitrogens with zero attached hydrogens (tertiary/aromatic N) is 3. The summed E-state index contributed by atoms with van der Waals surface area (Å²) in [4.78, 5) is 4.10. The van der Waals surface area contributed by atoms with Crippen molar-refractivity contribution in [2.24, 2.45) is 4.99 Å². The zero-order valence-electron chi connectivity index (χ0n) is 15.0. The molecule has 0 bridgehead atoms. The minimum atomic E-state index is -0.470. The van der Waals surface area contributed by atoms with E-state index in [1.54, 1.807) is 13.2 Å². The fraction of sp³-hybridized carbons (Fsp3) is 0.200. The summed E-state index contributed by atoms with van der Waals surface area (Å²) in [7, 11) is 1.62. The first kappa shape index (κ1) is 18.6. The Labute approximate surface area is 156 Å². The molecule has 0 atom stereocenters. The third-order valence-electron chi connectivity index (χ3n) is 4.01. The molecule has 0 amide bonds. The van der Waals surface area contributed by atoms with Gasteiger partial charge < -0.3 is 10.6 Å². The van der Waals surface area contributed by atoms with Crippen molar-refractivity contribution in [3.05, 3.63) is 89.2 Å². The van der Waals surface area contributed by atoms with Crippen LogP contribution in [0.5, 0.6) is 0 Å². The van der Waals surface area contributed by atoms with Gasteiger partial charge in [-0.05, 0) is 23.8 Å². The lowest BCUT2D eigenvalue weighted by Gasteiger charge is -2.11. The molecule has 5 nitrogen and oxygen atoms in total. The Hall–Kier alpha value is -3.22. The van der Waals surface area contributed by atoms with Crippen molar-refractivity contribution in [2.45, 2.75) is 19.6 Å². The number of aromatic nitrogens is 2. The fourth-order valence-corrected chi connectivity index (χ4v) is 2.62. The zero-order chi connectivity index (χ0) is 19.1. The fourth-order valence-electron chi connectivity index (χ4n) is 2.62. The molecule has 27 heavy (non-hydrogen) atoms. The molecule has 140 valence electrons. The van der Waals surface area contributed by atoms with Crippen LogP contribution in [0, 0.1) is 11.6 Å². The normalized spacial score (nSPS) is 11.4. The second-order valence-corrected chi connectivity index (χ2v) is 6.05. The predicted molar refractivity (Wildman–Crippen MR) is 101 cm³/mol. The summed E-state index contributed by atoms with van der Waals surface area (Å²) >= 11 is 0. The van der Waals surface area contributed by atoms with Gasteiger partial charge in [0.05, 0.1) is 12.7 Å². The largest absolute Gasteiger partial charge is 0.352 e. The van der Waals surface area contributed by atoms with E-state index in [1.165, 1.54) is 11.6 Å². The highest BCUT2D eigenvalue weighted by Crippen LogP contribution is 2.09. The van der Waals surface area contributed by atoms with Gasteiger partial charge in [-0.25, -0.2) is 8.78 Å². The van der Waals surface area contributed by atoms with Crippen molar-refractivity contribution < 1.29 is 8.78 Å². The number of guanidine groups is 1. The van der Waals surface area contributed by atoms with Crippen LogP contribution in [0.25, 0.3) is 0 Å². The van der Waals surface area contributed by atoms with E-state index in [9.17, 15) is 8.78 Å². The third-order valence-corrected chi connectivity index (χ3v) is 4.01. The van der Waals surface area contributed by atoms with Gasteiger partial charge >= 0.3 is 0 Å². The number of nitrogens with one attached hydrogen (secondary N) is 2. The maximum atomic E-state index is 13.7. The molecule has 7 heteroatoms. The number of halogens is 2. The molecule has 0 unspecified atom stereocenters. The predicted octanol–water partition coefficient (Wildman–Crippen LogP) is 3.07. The molecular weight excluding hydrogens is 348 g/mol. The van der Waals surface area contributed by atoms with Gasteiger partial charge in [-0.3, -0.25) is 9.67 Å². The summed E-state index contributed by atoms with van der Waals surface area (Å²) < 4.78 is 28.8. The Morgan fingerprint density at radius 3 is 2.59 bits per heavy atom. The Morgan fingerprint density at radius 1 is 1.04 bits per heavy atom. The molecule has 0 radical (unpaired) electrons. The quantitative estimate of drug-likeness (QED) is 0.519. The van der Waals surface area contributed by atoms with Gasteiger partial charge in [-0.1, -0.05) is 30.3 Å². The Morgan fingerprint density at radius 2 is 1.81 bits per heavy atom. The summed E-state index contributed by atoms with van der Waals surface area (Å²) in [6.07, 6.45) is 3.75. The third kappa shape index (κ3) is 5.37. The van der Waals surface area contributed by atoms with E-state index in [0.717, 1.165) is 17.7 Å². The highest BCUT2D eigenvalue weighted by atomic mass is 19.1. The second kappa shape index (κ2) is 8.93. The Bertz CT molecular complexity index is 906. The number of hydrogen-bond acceptors (Lipinski definition) is 2. The van der Waals surface area contributed by atoms with Gasteiger partial charge in [-0.15, -0.1) is 0 Å². The molecule has 2 N–H and O–H groups in total. The van der Waals surface area contributed by atoms with Crippen LogP contribution in [0.4, 0.5) is 8.78 Å². The average molecular weight is 369 g/mol. The smallest absolute Gasteiger partial charge is 0.191 e. The summed E-state index contributed by atoms with van der Waals surface area (Å²) in [5, 5.41) is 10.5. The van der Waals surface area contributed by atoms with Crippen molar-refractivity contribution in [3.63, 3.8) is 0 Å². The highest BCUT2D eigenvalue weighted by Gasteiger charge is 2.06. The molecule has 2 aromatic carbocycles. The van der Waals surface area contributed by atoms with E-state index < -0.39 is 11.6 Å². The van der Waals surface area contributed by atoms with Crippen LogP contribution in [0.15, 0.2) is 65.9 Å². The van der Waals surface area contributed by atoms with Crippen LogP contribution in [-0.2, 0) is 19.6 Å². The molecule has 0 saturated carbocycles. The van der Waals surface area contributed by atoms with Gasteiger partial charge in [0.1, 0.15) is 11.6 Å². The molecule has 1 aromatic heterocycles. The lowest BCUT2D eigenvalue weighted by molar-refractivity contribution is 0.581. The molecular formula is C20H21F2N5. The maximum Gasteiger partial charge on any atom is 0.191 e. The molecule has 0 aliphatic carbocycles. The van der Waals surface area contributed by atoms with Crippen molar-refractivity contribution in [1.29, 1.82) is 0 Å². The maximum absolute atomic E-state index is 13.7. The van der Waals surface area contributed by atoms with E-state index in [-0.39, 0.29) is 12.1 Å². The summed E-state index contributed by atoms with van der Waals surface area (Å²) in [6.45, 7) is 1.35. The van der Waals surface area contributed by atoms with Crippen molar-refractivity contribution >= 4 is 5.96 Å². The van der Waals surface area contributed by atoms with Gasteiger partial charge in [-0.2, -0.15) is 5.10 Å². The molecule has 3 rings (SSSR count). The standard InChI is InChI=1S/C20H21F2N5/c1-23-20(25-12-17-9-18(21)7-8-19(17)22)24-10-16-11-26-27(14-16)13-15-5-3-2-4-6-15/h2-9,11,14H,10,12-13H2,1H3,(H2,23,24,25). The van der Waals surface area contributed by atoms with Crippen LogP contribution in [0.1, 0.15) is 16.7 Å². The first-order valence-electron chi connectivity index (χ1n) is 8.58. The lowest BCUT2D eigenvalue weighted by Crippen LogP contribution is -2.36. The minimum absolute atomic E-state index is 0.135. The Balaban J connectivity index is 1.52. The molecule has 0 fully saturated rings. The van der Waals surface area contributed by atoms with Crippen LogP contribution >= 0.6 is 0 Å². The lowest BCUT2D eigenvalue weighted by atomic mass is 10.2. The SMILES string of the molecule is CN=C(NCc1cnn(Cc2ccccc2)c1)NCc1cc(F)ccc1F. The van der Waals surface area contributed by atoms with Crippen molar-refractivity contribution in [2.75, 3.05) is 7.05 Å². The topological polar surface area (TPSA) is 54.2 Å². The van der Waals surface area contributed by atoms with E-state index >= 15 is 0 Å². The van der Waals surface area contributed by atoms with E-state index in [4.69, 9.17) is 0 Å². The van der Waals surface area contributed by atoms with Crippen molar-refractivity contribution in [1.82, 2.24) is 20.4 Å². The van der Waals surface area contributed by atoms with Crippen LogP contribution in [0.2, 0.25) is 0 Å².